The highest BCUT2D eigenvalue weighted by Crippen LogP contribution is 2.21. The van der Waals surface area contributed by atoms with Crippen LogP contribution in [0.1, 0.15) is 12.0 Å². The molecule has 0 fully saturated rings. The lowest BCUT2D eigenvalue weighted by Crippen LogP contribution is -2.23. The molecule has 98 valence electrons. The number of nitro benzene ring substituents is 1. The number of anilines is 1. The summed E-state index contributed by atoms with van der Waals surface area (Å²) < 4.78 is 0. The molecule has 0 saturated carbocycles. The number of nitriles is 1. The van der Waals surface area contributed by atoms with E-state index >= 15 is 0 Å². The number of rotatable bonds is 4. The van der Waals surface area contributed by atoms with E-state index in [4.69, 9.17) is 5.26 Å². The maximum atomic E-state index is 10.6. The van der Waals surface area contributed by atoms with Crippen molar-refractivity contribution in [2.45, 2.75) is 6.42 Å². The standard InChI is InChI=1S/C13H14N4O2/c14-8-11-7-12(17(18)19)1-2-13(11)16-9-10-3-5-15-6-4-10/h1-3,7,15-16H,4-6,9H2. The molecule has 1 aliphatic rings. The lowest BCUT2D eigenvalue weighted by Gasteiger charge is -2.15. The van der Waals surface area contributed by atoms with E-state index in [2.05, 4.69) is 16.7 Å². The van der Waals surface area contributed by atoms with E-state index in [1.54, 1.807) is 6.07 Å². The Hall–Kier alpha value is -2.39. The van der Waals surface area contributed by atoms with Crippen LogP contribution in [-0.4, -0.2) is 24.6 Å². The summed E-state index contributed by atoms with van der Waals surface area (Å²) in [6.45, 7) is 2.48. The second-order valence-electron chi connectivity index (χ2n) is 4.27. The molecule has 0 spiro atoms. The predicted molar refractivity (Wildman–Crippen MR) is 71.9 cm³/mol. The normalized spacial score (nSPS) is 14.4. The van der Waals surface area contributed by atoms with Crippen LogP contribution in [0.5, 0.6) is 0 Å². The summed E-state index contributed by atoms with van der Waals surface area (Å²) in [6, 6.07) is 6.26. The Labute approximate surface area is 110 Å². The summed E-state index contributed by atoms with van der Waals surface area (Å²) in [5.74, 6) is 0. The number of hydrogen-bond acceptors (Lipinski definition) is 5. The molecule has 0 radical (unpaired) electrons. The Morgan fingerprint density at radius 3 is 3.00 bits per heavy atom. The summed E-state index contributed by atoms with van der Waals surface area (Å²) in [7, 11) is 0. The average molecular weight is 258 g/mol. The second kappa shape index (κ2) is 5.98. The van der Waals surface area contributed by atoms with Gasteiger partial charge in [-0.3, -0.25) is 10.1 Å². The van der Waals surface area contributed by atoms with Crippen LogP contribution in [0.25, 0.3) is 0 Å². The number of hydrogen-bond donors (Lipinski definition) is 2. The van der Waals surface area contributed by atoms with Crippen molar-refractivity contribution in [2.75, 3.05) is 25.0 Å². The fourth-order valence-electron chi connectivity index (χ4n) is 1.93. The zero-order valence-corrected chi connectivity index (χ0v) is 10.3. The first-order valence-corrected chi connectivity index (χ1v) is 6.02. The van der Waals surface area contributed by atoms with Crippen molar-refractivity contribution in [3.05, 3.63) is 45.5 Å². The molecule has 0 atom stereocenters. The first-order valence-electron chi connectivity index (χ1n) is 6.02. The minimum absolute atomic E-state index is 0.0665. The molecule has 2 N–H and O–H groups in total. The second-order valence-corrected chi connectivity index (χ2v) is 4.27. The van der Waals surface area contributed by atoms with E-state index < -0.39 is 4.92 Å². The van der Waals surface area contributed by atoms with Gasteiger partial charge in [0.25, 0.3) is 5.69 Å². The maximum absolute atomic E-state index is 10.6. The molecule has 1 heterocycles. The Morgan fingerprint density at radius 1 is 1.53 bits per heavy atom. The topological polar surface area (TPSA) is 91.0 Å². The largest absolute Gasteiger partial charge is 0.380 e. The van der Waals surface area contributed by atoms with Crippen molar-refractivity contribution >= 4 is 11.4 Å². The predicted octanol–water partition coefficient (Wildman–Crippen LogP) is 1.80. The van der Waals surface area contributed by atoms with Crippen LogP contribution in [0.3, 0.4) is 0 Å². The summed E-state index contributed by atoms with van der Waals surface area (Å²) in [6.07, 6.45) is 3.09. The number of benzene rings is 1. The lowest BCUT2D eigenvalue weighted by atomic mass is 10.1. The molecule has 19 heavy (non-hydrogen) atoms. The van der Waals surface area contributed by atoms with Crippen LogP contribution < -0.4 is 10.6 Å². The number of nitrogens with one attached hydrogen (secondary N) is 2. The molecule has 1 aliphatic heterocycles. The van der Waals surface area contributed by atoms with Crippen LogP contribution in [-0.2, 0) is 0 Å². The van der Waals surface area contributed by atoms with Crippen LogP contribution >= 0.6 is 0 Å². The van der Waals surface area contributed by atoms with Gasteiger partial charge in [0, 0.05) is 25.2 Å². The zero-order valence-electron chi connectivity index (χ0n) is 10.3. The Bertz CT molecular complexity index is 560. The number of non-ortho nitro benzene ring substituents is 1. The van der Waals surface area contributed by atoms with Gasteiger partial charge in [0.05, 0.1) is 16.2 Å². The third-order valence-electron chi connectivity index (χ3n) is 3.00. The Morgan fingerprint density at radius 2 is 2.37 bits per heavy atom. The average Bonchev–Trinajstić information content (AvgIpc) is 2.45. The molecule has 0 amide bonds. The lowest BCUT2D eigenvalue weighted by molar-refractivity contribution is -0.384. The van der Waals surface area contributed by atoms with Crippen molar-refractivity contribution in [1.82, 2.24) is 5.32 Å². The van der Waals surface area contributed by atoms with Gasteiger partial charge in [-0.2, -0.15) is 5.26 Å². The maximum Gasteiger partial charge on any atom is 0.270 e. The van der Waals surface area contributed by atoms with Crippen LogP contribution in [0.2, 0.25) is 0 Å². The van der Waals surface area contributed by atoms with Gasteiger partial charge in [-0.05, 0) is 19.0 Å². The van der Waals surface area contributed by atoms with Gasteiger partial charge < -0.3 is 10.6 Å². The molecule has 2 rings (SSSR count). The third-order valence-corrected chi connectivity index (χ3v) is 3.00. The molecule has 6 heteroatoms. The van der Waals surface area contributed by atoms with Gasteiger partial charge in [0.1, 0.15) is 6.07 Å². The molecule has 0 aromatic heterocycles. The van der Waals surface area contributed by atoms with E-state index in [0.717, 1.165) is 19.5 Å². The first-order chi connectivity index (χ1) is 9.20. The van der Waals surface area contributed by atoms with Gasteiger partial charge >= 0.3 is 0 Å². The molecule has 0 bridgehead atoms. The monoisotopic (exact) mass is 258 g/mol. The quantitative estimate of drug-likeness (QED) is 0.488. The molecule has 0 saturated heterocycles. The van der Waals surface area contributed by atoms with Gasteiger partial charge in [0.15, 0.2) is 0 Å². The highest BCUT2D eigenvalue weighted by atomic mass is 16.6. The van der Waals surface area contributed by atoms with Gasteiger partial charge in [-0.15, -0.1) is 0 Å². The fourth-order valence-corrected chi connectivity index (χ4v) is 1.93. The van der Waals surface area contributed by atoms with E-state index in [1.807, 2.05) is 6.07 Å². The van der Waals surface area contributed by atoms with Crippen molar-refractivity contribution in [2.24, 2.45) is 0 Å². The molecule has 1 aromatic carbocycles. The molecular weight excluding hydrogens is 244 g/mol. The summed E-state index contributed by atoms with van der Waals surface area (Å²) in [5.41, 5.74) is 2.14. The summed E-state index contributed by atoms with van der Waals surface area (Å²) in [5, 5.41) is 26.1. The van der Waals surface area contributed by atoms with Crippen LogP contribution in [0.15, 0.2) is 29.8 Å². The third kappa shape index (κ3) is 3.30. The molecule has 6 nitrogen and oxygen atoms in total. The minimum Gasteiger partial charge on any atom is -0.380 e. The Kier molecular flexibility index (Phi) is 4.11. The number of nitro groups is 1. The van der Waals surface area contributed by atoms with E-state index in [0.29, 0.717) is 17.8 Å². The van der Waals surface area contributed by atoms with Crippen LogP contribution in [0, 0.1) is 21.4 Å². The Balaban J connectivity index is 2.10. The molecule has 0 unspecified atom stereocenters. The smallest absolute Gasteiger partial charge is 0.270 e. The first kappa shape index (κ1) is 13.1. The summed E-state index contributed by atoms with van der Waals surface area (Å²) >= 11 is 0. The summed E-state index contributed by atoms with van der Waals surface area (Å²) in [4.78, 5) is 10.1. The molecular formula is C13H14N4O2. The minimum atomic E-state index is -0.500. The highest BCUT2D eigenvalue weighted by Gasteiger charge is 2.11. The van der Waals surface area contributed by atoms with Crippen molar-refractivity contribution in [3.8, 4) is 6.07 Å². The highest BCUT2D eigenvalue weighted by molar-refractivity contribution is 5.61. The van der Waals surface area contributed by atoms with Gasteiger partial charge in [-0.1, -0.05) is 11.6 Å². The molecule has 1 aromatic rings. The molecule has 0 aliphatic carbocycles. The fraction of sp³-hybridized carbons (Fsp3) is 0.308. The van der Waals surface area contributed by atoms with Crippen molar-refractivity contribution < 1.29 is 4.92 Å². The number of nitrogens with zero attached hydrogens (tertiary/aromatic N) is 2. The zero-order chi connectivity index (χ0) is 13.7. The van der Waals surface area contributed by atoms with E-state index in [9.17, 15) is 10.1 Å². The van der Waals surface area contributed by atoms with Gasteiger partial charge in [-0.25, -0.2) is 0 Å². The van der Waals surface area contributed by atoms with Crippen molar-refractivity contribution in [1.29, 1.82) is 5.26 Å². The van der Waals surface area contributed by atoms with E-state index in [1.165, 1.54) is 17.7 Å². The van der Waals surface area contributed by atoms with Crippen molar-refractivity contribution in [3.63, 3.8) is 0 Å². The van der Waals surface area contributed by atoms with Crippen LogP contribution in [0.4, 0.5) is 11.4 Å². The van der Waals surface area contributed by atoms with E-state index in [-0.39, 0.29) is 5.69 Å². The van der Waals surface area contributed by atoms with Gasteiger partial charge in [0.2, 0.25) is 0 Å². The SMILES string of the molecule is N#Cc1cc([N+](=O)[O-])ccc1NCC1=CCNCC1.